The predicted molar refractivity (Wildman–Crippen MR) is 140 cm³/mol. The number of rotatable bonds is 5. The molecule has 1 N–H and O–H groups in total. The Labute approximate surface area is 205 Å². The first-order valence-electron chi connectivity index (χ1n) is 10.8. The molecule has 0 aliphatic rings. The summed E-state index contributed by atoms with van der Waals surface area (Å²) in [6, 6.07) is 32.0. The molecule has 0 spiro atoms. The number of amides is 1. The lowest BCUT2D eigenvalue weighted by molar-refractivity contribution is 0.0949. The van der Waals surface area contributed by atoms with E-state index in [4.69, 9.17) is 0 Å². The highest BCUT2D eigenvalue weighted by Crippen LogP contribution is 2.27. The lowest BCUT2D eigenvalue weighted by atomic mass is 10.0. The molecule has 0 fully saturated rings. The van der Waals surface area contributed by atoms with Gasteiger partial charge in [0.1, 0.15) is 0 Å². The number of carbonyl (C=O) groups excluding carboxylic acids is 1. The molecular formula is C28H21BrN4O. The van der Waals surface area contributed by atoms with Gasteiger partial charge in [0, 0.05) is 10.0 Å². The SMILES string of the molecule is Cc1ccc(-n2nc(C(=O)N/N=C\c3ccc(Br)cc3)cc2-c2ccc3ccccc3c2)cc1. The van der Waals surface area contributed by atoms with Crippen molar-refractivity contribution in [1.29, 1.82) is 0 Å². The molecule has 1 aromatic heterocycles. The lowest BCUT2D eigenvalue weighted by Gasteiger charge is -2.09. The van der Waals surface area contributed by atoms with Crippen LogP contribution in [0.5, 0.6) is 0 Å². The van der Waals surface area contributed by atoms with Gasteiger partial charge < -0.3 is 0 Å². The smallest absolute Gasteiger partial charge is 0.265 e. The molecule has 5 aromatic rings. The van der Waals surface area contributed by atoms with E-state index < -0.39 is 0 Å². The van der Waals surface area contributed by atoms with Gasteiger partial charge in [0.25, 0.3) is 5.91 Å². The minimum absolute atomic E-state index is 0.289. The topological polar surface area (TPSA) is 59.3 Å². The number of benzene rings is 4. The van der Waals surface area contributed by atoms with E-state index in [1.807, 2.05) is 67.6 Å². The summed E-state index contributed by atoms with van der Waals surface area (Å²) in [6.07, 6.45) is 1.60. The van der Waals surface area contributed by atoms with Gasteiger partial charge in [-0.3, -0.25) is 4.79 Å². The van der Waals surface area contributed by atoms with Crippen LogP contribution in [0.2, 0.25) is 0 Å². The average Bonchev–Trinajstić information content (AvgIpc) is 3.31. The Kier molecular flexibility index (Phi) is 6.06. The average molecular weight is 509 g/mol. The van der Waals surface area contributed by atoms with Crippen LogP contribution in [-0.2, 0) is 0 Å². The second-order valence-electron chi connectivity index (χ2n) is 7.97. The molecule has 0 atom stereocenters. The second-order valence-corrected chi connectivity index (χ2v) is 8.89. The Morgan fingerprint density at radius 2 is 1.65 bits per heavy atom. The van der Waals surface area contributed by atoms with Gasteiger partial charge in [-0.15, -0.1) is 0 Å². The van der Waals surface area contributed by atoms with Crippen LogP contribution >= 0.6 is 15.9 Å². The fourth-order valence-corrected chi connectivity index (χ4v) is 3.97. The number of nitrogens with one attached hydrogen (secondary N) is 1. The monoisotopic (exact) mass is 508 g/mol. The first kappa shape index (κ1) is 21.8. The van der Waals surface area contributed by atoms with Crippen molar-refractivity contribution in [2.75, 3.05) is 0 Å². The first-order chi connectivity index (χ1) is 16.6. The highest BCUT2D eigenvalue weighted by molar-refractivity contribution is 9.10. The highest BCUT2D eigenvalue weighted by Gasteiger charge is 2.17. The number of aryl methyl sites for hydroxylation is 1. The molecule has 0 saturated carbocycles. The van der Waals surface area contributed by atoms with Gasteiger partial charge in [-0.1, -0.05) is 82.2 Å². The number of hydrazone groups is 1. The Bertz CT molecular complexity index is 1500. The maximum Gasteiger partial charge on any atom is 0.291 e. The zero-order valence-electron chi connectivity index (χ0n) is 18.4. The van der Waals surface area contributed by atoms with Crippen LogP contribution < -0.4 is 5.43 Å². The van der Waals surface area contributed by atoms with Crippen LogP contribution in [0.1, 0.15) is 21.6 Å². The molecule has 6 heteroatoms. The molecule has 4 aromatic carbocycles. The summed E-state index contributed by atoms with van der Waals surface area (Å²) < 4.78 is 2.79. The normalized spacial score (nSPS) is 11.2. The molecule has 0 aliphatic carbocycles. The van der Waals surface area contributed by atoms with Crippen LogP contribution in [-0.4, -0.2) is 21.9 Å². The maximum atomic E-state index is 12.9. The molecule has 0 radical (unpaired) electrons. The largest absolute Gasteiger partial charge is 0.291 e. The molecule has 34 heavy (non-hydrogen) atoms. The van der Waals surface area contributed by atoms with E-state index in [2.05, 4.69) is 61.9 Å². The molecule has 0 bridgehead atoms. The van der Waals surface area contributed by atoms with Crippen LogP contribution in [0.4, 0.5) is 0 Å². The molecule has 1 amide bonds. The van der Waals surface area contributed by atoms with E-state index in [1.54, 1.807) is 17.0 Å². The number of aromatic nitrogens is 2. The number of hydrogen-bond acceptors (Lipinski definition) is 3. The highest BCUT2D eigenvalue weighted by atomic mass is 79.9. The molecule has 5 rings (SSSR count). The molecule has 0 saturated heterocycles. The summed E-state index contributed by atoms with van der Waals surface area (Å²) in [5.74, 6) is -0.374. The molecule has 166 valence electrons. The number of halogens is 1. The summed E-state index contributed by atoms with van der Waals surface area (Å²) in [5.41, 5.74) is 7.60. The van der Waals surface area contributed by atoms with Crippen LogP contribution in [0, 0.1) is 6.92 Å². The van der Waals surface area contributed by atoms with Crippen molar-refractivity contribution in [2.24, 2.45) is 5.10 Å². The lowest BCUT2D eigenvalue weighted by Crippen LogP contribution is -2.18. The Balaban J connectivity index is 1.49. The molecule has 0 aliphatic heterocycles. The van der Waals surface area contributed by atoms with Crippen LogP contribution in [0.25, 0.3) is 27.7 Å². The standard InChI is InChI=1S/C28H21BrN4O/c1-19-6-14-25(15-7-19)33-27(23-11-10-21-4-2-3-5-22(21)16-23)17-26(32-33)28(34)31-30-18-20-8-12-24(29)13-9-20/h2-18H,1H3,(H,31,34)/b30-18-. The van der Waals surface area contributed by atoms with E-state index >= 15 is 0 Å². The predicted octanol–water partition coefficient (Wildman–Crippen LogP) is 6.53. The third-order valence-corrected chi connectivity index (χ3v) is 6.04. The molecule has 1 heterocycles. The molecular weight excluding hydrogens is 488 g/mol. The van der Waals surface area contributed by atoms with Crippen molar-refractivity contribution in [1.82, 2.24) is 15.2 Å². The van der Waals surface area contributed by atoms with Crippen molar-refractivity contribution in [2.45, 2.75) is 6.92 Å². The third kappa shape index (κ3) is 4.67. The summed E-state index contributed by atoms with van der Waals surface area (Å²) >= 11 is 3.41. The van der Waals surface area contributed by atoms with Crippen molar-refractivity contribution in [3.8, 4) is 16.9 Å². The van der Waals surface area contributed by atoms with E-state index in [0.29, 0.717) is 0 Å². The minimum atomic E-state index is -0.374. The van der Waals surface area contributed by atoms with E-state index in [0.717, 1.165) is 43.3 Å². The van der Waals surface area contributed by atoms with E-state index in [-0.39, 0.29) is 11.6 Å². The van der Waals surface area contributed by atoms with E-state index in [1.165, 1.54) is 0 Å². The molecule has 0 unspecified atom stereocenters. The number of carbonyl (C=O) groups is 1. The van der Waals surface area contributed by atoms with Crippen molar-refractivity contribution in [3.63, 3.8) is 0 Å². The Morgan fingerprint density at radius 3 is 2.41 bits per heavy atom. The van der Waals surface area contributed by atoms with E-state index in [9.17, 15) is 4.79 Å². The third-order valence-electron chi connectivity index (χ3n) is 5.52. The van der Waals surface area contributed by atoms with Crippen molar-refractivity contribution >= 4 is 38.8 Å². The summed E-state index contributed by atoms with van der Waals surface area (Å²) in [5, 5.41) is 11.0. The first-order valence-corrected chi connectivity index (χ1v) is 11.6. The Hall–Kier alpha value is -4.03. The van der Waals surface area contributed by atoms with Gasteiger partial charge in [-0.2, -0.15) is 10.2 Å². The van der Waals surface area contributed by atoms with Gasteiger partial charge in [0.2, 0.25) is 0 Å². The van der Waals surface area contributed by atoms with Crippen LogP contribution in [0.3, 0.4) is 0 Å². The summed E-state index contributed by atoms with van der Waals surface area (Å²) in [6.45, 7) is 2.04. The fraction of sp³-hybridized carbons (Fsp3) is 0.0357. The minimum Gasteiger partial charge on any atom is -0.265 e. The van der Waals surface area contributed by atoms with Crippen molar-refractivity contribution < 1.29 is 4.79 Å². The summed E-state index contributed by atoms with van der Waals surface area (Å²) in [4.78, 5) is 12.9. The number of fused-ring (bicyclic) bond motifs is 1. The van der Waals surface area contributed by atoms with Crippen LogP contribution in [0.15, 0.2) is 107 Å². The number of nitrogens with zero attached hydrogens (tertiary/aromatic N) is 3. The quantitative estimate of drug-likeness (QED) is 0.216. The summed E-state index contributed by atoms with van der Waals surface area (Å²) in [7, 11) is 0. The van der Waals surface area contributed by atoms with Gasteiger partial charge in [0.05, 0.1) is 17.6 Å². The van der Waals surface area contributed by atoms with Gasteiger partial charge in [-0.05, 0) is 59.7 Å². The second kappa shape index (κ2) is 9.45. The van der Waals surface area contributed by atoms with Gasteiger partial charge in [-0.25, -0.2) is 10.1 Å². The number of hydrogen-bond donors (Lipinski definition) is 1. The van der Waals surface area contributed by atoms with Crippen molar-refractivity contribution in [3.05, 3.63) is 118 Å². The van der Waals surface area contributed by atoms with Gasteiger partial charge in [0.15, 0.2) is 5.69 Å². The fourth-order valence-electron chi connectivity index (χ4n) is 3.70. The Morgan fingerprint density at radius 1 is 0.912 bits per heavy atom. The van der Waals surface area contributed by atoms with Gasteiger partial charge >= 0.3 is 0 Å². The zero-order chi connectivity index (χ0) is 23.5. The zero-order valence-corrected chi connectivity index (χ0v) is 20.0. The molecule has 5 nitrogen and oxygen atoms in total. The maximum absolute atomic E-state index is 12.9.